The first-order valence-corrected chi connectivity index (χ1v) is 7.12. The molecule has 19 heavy (non-hydrogen) atoms. The van der Waals surface area contributed by atoms with E-state index in [1.165, 1.54) is 0 Å². The summed E-state index contributed by atoms with van der Waals surface area (Å²) in [5.74, 6) is -0.668. The van der Waals surface area contributed by atoms with E-state index in [1.807, 2.05) is 0 Å². The molecule has 0 N–H and O–H groups in total. The van der Waals surface area contributed by atoms with Crippen LogP contribution in [-0.4, -0.2) is 29.1 Å². The fraction of sp³-hybridized carbons (Fsp3) is 0.455. The van der Waals surface area contributed by atoms with E-state index >= 15 is 0 Å². The summed E-state index contributed by atoms with van der Waals surface area (Å²) in [6, 6.07) is 1.97. The maximum absolute atomic E-state index is 13.2. The zero-order chi connectivity index (χ0) is 14.2. The van der Waals surface area contributed by atoms with Gasteiger partial charge in [0.15, 0.2) is 0 Å². The molecule has 1 saturated carbocycles. The summed E-state index contributed by atoms with van der Waals surface area (Å²) >= 11 is 6.49. The number of halogens is 3. The van der Waals surface area contributed by atoms with Crippen LogP contribution in [0.1, 0.15) is 6.42 Å². The average Bonchev–Trinajstić information content (AvgIpc) is 2.30. The quantitative estimate of drug-likeness (QED) is 0.443. The van der Waals surface area contributed by atoms with E-state index in [0.29, 0.717) is 6.42 Å². The lowest BCUT2D eigenvalue weighted by Crippen LogP contribution is -2.51. The Bertz CT molecular complexity index is 514. The molecule has 0 spiro atoms. The SMILES string of the molecule is COC1C(Br)CC1Oc1c(Br)cc(F)cc1[N+](=O)[O-]. The van der Waals surface area contributed by atoms with Crippen LogP contribution in [0.25, 0.3) is 0 Å². The van der Waals surface area contributed by atoms with Gasteiger partial charge in [0.2, 0.25) is 5.75 Å². The Kier molecular flexibility index (Phi) is 4.42. The Balaban J connectivity index is 2.27. The number of hydrogen-bond donors (Lipinski definition) is 0. The van der Waals surface area contributed by atoms with Gasteiger partial charge in [-0.15, -0.1) is 0 Å². The number of methoxy groups -OCH3 is 1. The highest BCUT2D eigenvalue weighted by atomic mass is 79.9. The van der Waals surface area contributed by atoms with Crippen molar-refractivity contribution in [2.75, 3.05) is 7.11 Å². The molecule has 1 aliphatic rings. The predicted molar refractivity (Wildman–Crippen MR) is 73.3 cm³/mol. The summed E-state index contributed by atoms with van der Waals surface area (Å²) in [5.41, 5.74) is -0.403. The third-order valence-electron chi connectivity index (χ3n) is 2.91. The molecule has 1 aromatic rings. The van der Waals surface area contributed by atoms with Crippen LogP contribution in [0, 0.1) is 15.9 Å². The highest BCUT2D eigenvalue weighted by Crippen LogP contribution is 2.41. The predicted octanol–water partition coefficient (Wildman–Crippen LogP) is 3.43. The van der Waals surface area contributed by atoms with Crippen molar-refractivity contribution < 1.29 is 18.8 Å². The molecule has 104 valence electrons. The van der Waals surface area contributed by atoms with Gasteiger partial charge in [0.25, 0.3) is 0 Å². The van der Waals surface area contributed by atoms with Crippen molar-refractivity contribution in [3.8, 4) is 5.75 Å². The van der Waals surface area contributed by atoms with E-state index in [4.69, 9.17) is 9.47 Å². The molecule has 3 atom stereocenters. The van der Waals surface area contributed by atoms with Gasteiger partial charge in [0.05, 0.1) is 15.5 Å². The van der Waals surface area contributed by atoms with E-state index in [9.17, 15) is 14.5 Å². The van der Waals surface area contributed by atoms with Gasteiger partial charge in [-0.05, 0) is 22.0 Å². The highest BCUT2D eigenvalue weighted by Gasteiger charge is 2.43. The van der Waals surface area contributed by atoms with Gasteiger partial charge in [-0.1, -0.05) is 15.9 Å². The van der Waals surface area contributed by atoms with E-state index in [-0.39, 0.29) is 27.3 Å². The maximum Gasteiger partial charge on any atom is 0.315 e. The summed E-state index contributed by atoms with van der Waals surface area (Å²) < 4.78 is 24.2. The second-order valence-electron chi connectivity index (χ2n) is 4.10. The molecule has 8 heteroatoms. The smallest absolute Gasteiger partial charge is 0.315 e. The van der Waals surface area contributed by atoms with E-state index in [1.54, 1.807) is 7.11 Å². The van der Waals surface area contributed by atoms with Crippen molar-refractivity contribution in [3.05, 3.63) is 32.5 Å². The zero-order valence-electron chi connectivity index (χ0n) is 9.81. The molecule has 3 unspecified atom stereocenters. The Morgan fingerprint density at radius 1 is 1.53 bits per heavy atom. The molecule has 0 aliphatic heterocycles. The van der Waals surface area contributed by atoms with Gasteiger partial charge < -0.3 is 9.47 Å². The van der Waals surface area contributed by atoms with Gasteiger partial charge in [0.1, 0.15) is 18.0 Å². The number of nitro groups is 1. The highest BCUT2D eigenvalue weighted by molar-refractivity contribution is 9.10. The first-order valence-electron chi connectivity index (χ1n) is 5.41. The van der Waals surface area contributed by atoms with Gasteiger partial charge in [-0.25, -0.2) is 4.39 Å². The largest absolute Gasteiger partial charge is 0.480 e. The first kappa shape index (κ1) is 14.7. The van der Waals surface area contributed by atoms with Gasteiger partial charge in [-0.3, -0.25) is 10.1 Å². The lowest BCUT2D eigenvalue weighted by Gasteiger charge is -2.40. The molecule has 2 rings (SSSR count). The fourth-order valence-electron chi connectivity index (χ4n) is 1.89. The van der Waals surface area contributed by atoms with Crippen LogP contribution >= 0.6 is 31.9 Å². The molecule has 5 nitrogen and oxygen atoms in total. The van der Waals surface area contributed by atoms with Crippen molar-refractivity contribution >= 4 is 37.5 Å². The Morgan fingerprint density at radius 3 is 2.74 bits per heavy atom. The minimum absolute atomic E-state index is 0.0258. The first-order chi connectivity index (χ1) is 8.93. The summed E-state index contributed by atoms with van der Waals surface area (Å²) in [7, 11) is 1.54. The molecule has 1 aromatic carbocycles. The topological polar surface area (TPSA) is 61.6 Å². The van der Waals surface area contributed by atoms with Gasteiger partial charge >= 0.3 is 5.69 Å². The zero-order valence-corrected chi connectivity index (χ0v) is 13.0. The van der Waals surface area contributed by atoms with E-state index in [0.717, 1.165) is 12.1 Å². The molecule has 1 aliphatic carbocycles. The Labute approximate surface area is 125 Å². The second-order valence-corrected chi connectivity index (χ2v) is 6.13. The number of rotatable bonds is 4. The molecular formula is C11H10Br2FNO4. The lowest BCUT2D eigenvalue weighted by atomic mass is 9.91. The van der Waals surface area contributed by atoms with Crippen LogP contribution in [-0.2, 0) is 4.74 Å². The number of alkyl halides is 1. The van der Waals surface area contributed by atoms with Crippen molar-refractivity contribution in [2.24, 2.45) is 0 Å². The molecule has 0 amide bonds. The van der Waals surface area contributed by atoms with Crippen molar-refractivity contribution in [3.63, 3.8) is 0 Å². The number of nitro benzene ring substituents is 1. The van der Waals surface area contributed by atoms with Crippen molar-refractivity contribution in [1.82, 2.24) is 0 Å². The summed E-state index contributed by atoms with van der Waals surface area (Å²) in [5, 5.41) is 10.9. The Morgan fingerprint density at radius 2 is 2.21 bits per heavy atom. The molecule has 0 aromatic heterocycles. The second kappa shape index (κ2) is 5.72. The van der Waals surface area contributed by atoms with Crippen molar-refractivity contribution in [2.45, 2.75) is 23.5 Å². The summed E-state index contributed by atoms with van der Waals surface area (Å²) in [4.78, 5) is 10.4. The minimum Gasteiger partial charge on any atom is -0.480 e. The third-order valence-corrected chi connectivity index (χ3v) is 4.39. The van der Waals surface area contributed by atoms with Crippen LogP contribution in [0.3, 0.4) is 0 Å². The van der Waals surface area contributed by atoms with E-state index in [2.05, 4.69) is 31.9 Å². The molecule has 0 heterocycles. The fourth-order valence-corrected chi connectivity index (χ4v) is 3.33. The maximum atomic E-state index is 13.2. The van der Waals surface area contributed by atoms with Crippen LogP contribution in [0.5, 0.6) is 5.75 Å². The lowest BCUT2D eigenvalue weighted by molar-refractivity contribution is -0.386. The van der Waals surface area contributed by atoms with Crippen molar-refractivity contribution in [1.29, 1.82) is 0 Å². The third kappa shape index (κ3) is 2.90. The average molecular weight is 399 g/mol. The number of benzene rings is 1. The monoisotopic (exact) mass is 397 g/mol. The van der Waals surface area contributed by atoms with Crippen LogP contribution in [0.4, 0.5) is 10.1 Å². The summed E-state index contributed by atoms with van der Waals surface area (Å²) in [6.45, 7) is 0. The van der Waals surface area contributed by atoms with Crippen LogP contribution in [0.15, 0.2) is 16.6 Å². The van der Waals surface area contributed by atoms with Crippen LogP contribution in [0.2, 0.25) is 0 Å². The van der Waals surface area contributed by atoms with E-state index < -0.39 is 16.4 Å². The molecule has 0 bridgehead atoms. The number of hydrogen-bond acceptors (Lipinski definition) is 4. The molecular weight excluding hydrogens is 389 g/mol. The number of ether oxygens (including phenoxy) is 2. The van der Waals surface area contributed by atoms with Gasteiger partial charge in [0, 0.05) is 18.4 Å². The molecule has 0 saturated heterocycles. The summed E-state index contributed by atoms with van der Waals surface area (Å²) in [6.07, 6.45) is 0.186. The normalized spacial score (nSPS) is 25.8. The molecule has 1 fully saturated rings. The number of nitrogens with zero attached hydrogens (tertiary/aromatic N) is 1. The molecule has 0 radical (unpaired) electrons. The Hall–Kier alpha value is -0.730. The minimum atomic E-state index is -0.693. The van der Waals surface area contributed by atoms with Gasteiger partial charge in [-0.2, -0.15) is 0 Å². The van der Waals surface area contributed by atoms with Crippen LogP contribution < -0.4 is 4.74 Å². The standard InChI is InChI=1S/C11H10Br2FNO4/c1-18-11-7(13)4-9(11)19-10-6(12)2-5(14)3-8(10)15(16)17/h2-3,7,9,11H,4H2,1H3.